The average Bonchev–Trinajstić information content (AvgIpc) is 3.37. The summed E-state index contributed by atoms with van der Waals surface area (Å²) in [4.78, 5) is 32.5. The Bertz CT molecular complexity index is 896. The summed E-state index contributed by atoms with van der Waals surface area (Å²) in [5.74, 6) is 1.75. The molecule has 9 heteroatoms. The molecule has 1 saturated heterocycles. The van der Waals surface area contributed by atoms with Crippen LogP contribution in [0.4, 0.5) is 0 Å². The van der Waals surface area contributed by atoms with Crippen LogP contribution in [0.3, 0.4) is 0 Å². The van der Waals surface area contributed by atoms with Crippen LogP contribution < -0.4 is 14.2 Å². The summed E-state index contributed by atoms with van der Waals surface area (Å²) in [5, 5.41) is 0. The van der Waals surface area contributed by atoms with Crippen LogP contribution in [0.25, 0.3) is 0 Å². The lowest BCUT2D eigenvalue weighted by Gasteiger charge is -2.38. The van der Waals surface area contributed by atoms with E-state index < -0.39 is 6.04 Å². The number of hydrogen-bond donors (Lipinski definition) is 0. The summed E-state index contributed by atoms with van der Waals surface area (Å²) in [5.41, 5.74) is 0.161. The zero-order valence-electron chi connectivity index (χ0n) is 15.7. The van der Waals surface area contributed by atoms with Gasteiger partial charge in [0, 0.05) is 25.7 Å². The number of benzene rings is 1. The van der Waals surface area contributed by atoms with Crippen molar-refractivity contribution in [1.82, 2.24) is 14.8 Å². The minimum atomic E-state index is -0.522. The van der Waals surface area contributed by atoms with Gasteiger partial charge in [-0.25, -0.2) is 4.98 Å². The number of carbonyl (C=O) groups excluding carboxylic acids is 2. The zero-order valence-corrected chi connectivity index (χ0v) is 15.7. The van der Waals surface area contributed by atoms with Crippen molar-refractivity contribution in [2.24, 2.45) is 0 Å². The predicted molar refractivity (Wildman–Crippen MR) is 96.2 cm³/mol. The van der Waals surface area contributed by atoms with E-state index in [1.165, 1.54) is 11.2 Å². The van der Waals surface area contributed by atoms with E-state index in [0.29, 0.717) is 36.9 Å². The fraction of sp³-hybridized carbons (Fsp3) is 0.421. The fourth-order valence-corrected chi connectivity index (χ4v) is 3.26. The first-order valence-electron chi connectivity index (χ1n) is 9.13. The van der Waals surface area contributed by atoms with Crippen LogP contribution in [0.15, 0.2) is 28.9 Å². The lowest BCUT2D eigenvalue weighted by Crippen LogP contribution is -2.57. The van der Waals surface area contributed by atoms with Crippen molar-refractivity contribution < 1.29 is 28.2 Å². The molecule has 28 heavy (non-hydrogen) atoms. The fourth-order valence-electron chi connectivity index (χ4n) is 3.26. The first-order chi connectivity index (χ1) is 13.6. The van der Waals surface area contributed by atoms with Gasteiger partial charge < -0.3 is 28.4 Å². The Labute approximate surface area is 161 Å². The van der Waals surface area contributed by atoms with Gasteiger partial charge in [-0.15, -0.1) is 0 Å². The predicted octanol–water partition coefficient (Wildman–Crippen LogP) is 1.68. The Balaban J connectivity index is 1.39. The van der Waals surface area contributed by atoms with Gasteiger partial charge >= 0.3 is 0 Å². The van der Waals surface area contributed by atoms with Gasteiger partial charge in [-0.2, -0.15) is 0 Å². The highest BCUT2D eigenvalue weighted by molar-refractivity contribution is 5.96. The van der Waals surface area contributed by atoms with Crippen LogP contribution in [0.1, 0.15) is 30.2 Å². The third-order valence-electron chi connectivity index (χ3n) is 4.87. The Morgan fingerprint density at radius 1 is 1.29 bits per heavy atom. The summed E-state index contributed by atoms with van der Waals surface area (Å²) in [6, 6.07) is 4.71. The van der Waals surface area contributed by atoms with Crippen molar-refractivity contribution >= 4 is 11.8 Å². The third kappa shape index (κ3) is 3.35. The number of nitrogens with zero attached hydrogens (tertiary/aromatic N) is 3. The van der Waals surface area contributed by atoms with Crippen molar-refractivity contribution in [3.8, 4) is 17.2 Å². The number of fused-ring (bicyclic) bond motifs is 1. The number of piperazine rings is 1. The van der Waals surface area contributed by atoms with Gasteiger partial charge in [0.15, 0.2) is 23.8 Å². The summed E-state index contributed by atoms with van der Waals surface area (Å²) in [7, 11) is 0. The van der Waals surface area contributed by atoms with Crippen molar-refractivity contribution in [1.29, 1.82) is 0 Å². The molecule has 0 unspecified atom stereocenters. The SMILES string of the molecule is CCN1CCN(C(=O)c2coc(COc3ccc4c(c3)OCO4)n2)[C@H](C)C1=O. The van der Waals surface area contributed by atoms with Crippen molar-refractivity contribution in [3.63, 3.8) is 0 Å². The van der Waals surface area contributed by atoms with Crippen LogP contribution in [-0.4, -0.2) is 59.1 Å². The normalized spacial score (nSPS) is 18.5. The molecule has 1 aromatic heterocycles. The number of aromatic nitrogens is 1. The topological polar surface area (TPSA) is 94.3 Å². The molecule has 9 nitrogen and oxygen atoms in total. The van der Waals surface area contributed by atoms with Crippen LogP contribution in [-0.2, 0) is 11.4 Å². The highest BCUT2D eigenvalue weighted by Crippen LogP contribution is 2.35. The number of carbonyl (C=O) groups is 2. The Morgan fingerprint density at radius 3 is 2.93 bits per heavy atom. The molecular formula is C19H21N3O6. The number of ether oxygens (including phenoxy) is 3. The first-order valence-corrected chi connectivity index (χ1v) is 9.13. The molecule has 0 aliphatic carbocycles. The summed E-state index contributed by atoms with van der Waals surface area (Å²) < 4.78 is 21.6. The molecule has 0 spiro atoms. The maximum Gasteiger partial charge on any atom is 0.276 e. The molecule has 0 radical (unpaired) electrons. The summed E-state index contributed by atoms with van der Waals surface area (Å²) in [6.07, 6.45) is 1.30. The maximum absolute atomic E-state index is 12.7. The number of hydrogen-bond acceptors (Lipinski definition) is 7. The van der Waals surface area contributed by atoms with E-state index in [4.69, 9.17) is 18.6 Å². The molecule has 2 aliphatic rings. The molecule has 0 saturated carbocycles. The van der Waals surface area contributed by atoms with Crippen LogP contribution >= 0.6 is 0 Å². The second-order valence-electron chi connectivity index (χ2n) is 6.52. The van der Waals surface area contributed by atoms with E-state index in [1.54, 1.807) is 30.0 Å². The minimum absolute atomic E-state index is 0.0584. The molecule has 1 fully saturated rings. The van der Waals surface area contributed by atoms with Crippen LogP contribution in [0, 0.1) is 0 Å². The van der Waals surface area contributed by atoms with Gasteiger partial charge in [0.05, 0.1) is 0 Å². The first kappa shape index (κ1) is 18.1. The highest BCUT2D eigenvalue weighted by Gasteiger charge is 2.35. The quantitative estimate of drug-likeness (QED) is 0.770. The summed E-state index contributed by atoms with van der Waals surface area (Å²) in [6.45, 7) is 5.52. The average molecular weight is 387 g/mol. The number of amides is 2. The minimum Gasteiger partial charge on any atom is -0.484 e. The Morgan fingerprint density at radius 2 is 2.11 bits per heavy atom. The largest absolute Gasteiger partial charge is 0.484 e. The molecule has 4 rings (SSSR count). The molecule has 2 aliphatic heterocycles. The number of rotatable bonds is 5. The van der Waals surface area contributed by atoms with E-state index in [9.17, 15) is 9.59 Å². The smallest absolute Gasteiger partial charge is 0.276 e. The molecule has 2 aromatic rings. The van der Waals surface area contributed by atoms with Gasteiger partial charge in [0.2, 0.25) is 18.6 Å². The van der Waals surface area contributed by atoms with E-state index in [2.05, 4.69) is 4.98 Å². The maximum atomic E-state index is 12.7. The summed E-state index contributed by atoms with van der Waals surface area (Å²) >= 11 is 0. The van der Waals surface area contributed by atoms with E-state index in [0.717, 1.165) is 0 Å². The monoisotopic (exact) mass is 387 g/mol. The van der Waals surface area contributed by atoms with Crippen LogP contribution in [0.2, 0.25) is 0 Å². The van der Waals surface area contributed by atoms with E-state index >= 15 is 0 Å². The standard InChI is InChI=1S/C19H21N3O6/c1-3-21-6-7-22(12(2)18(21)23)19(24)14-9-26-17(20-14)10-25-13-4-5-15-16(8-13)28-11-27-15/h4-5,8-9,12H,3,6-7,10-11H2,1-2H3/t12-/m1/s1. The molecular weight excluding hydrogens is 366 g/mol. The zero-order chi connectivity index (χ0) is 19.7. The number of likely N-dealkylation sites (N-methyl/N-ethyl adjacent to an activating group) is 1. The lowest BCUT2D eigenvalue weighted by molar-refractivity contribution is -0.139. The van der Waals surface area contributed by atoms with Crippen LogP contribution in [0.5, 0.6) is 17.2 Å². The highest BCUT2D eigenvalue weighted by atomic mass is 16.7. The van der Waals surface area contributed by atoms with Crippen molar-refractivity contribution in [3.05, 3.63) is 36.0 Å². The van der Waals surface area contributed by atoms with Gasteiger partial charge in [-0.3, -0.25) is 9.59 Å². The van der Waals surface area contributed by atoms with Crippen molar-refractivity contribution in [2.45, 2.75) is 26.5 Å². The molecule has 0 N–H and O–H groups in total. The second-order valence-corrected chi connectivity index (χ2v) is 6.52. The Hall–Kier alpha value is -3.23. The lowest BCUT2D eigenvalue weighted by atomic mass is 10.1. The number of oxazole rings is 1. The van der Waals surface area contributed by atoms with Gasteiger partial charge in [-0.1, -0.05) is 0 Å². The Kier molecular flexibility index (Phi) is 4.81. The molecule has 0 bridgehead atoms. The molecule has 2 amide bonds. The van der Waals surface area contributed by atoms with Gasteiger partial charge in [-0.05, 0) is 26.0 Å². The van der Waals surface area contributed by atoms with E-state index in [1.807, 2.05) is 6.92 Å². The van der Waals surface area contributed by atoms with Gasteiger partial charge in [0.1, 0.15) is 18.1 Å². The molecule has 1 aromatic carbocycles. The van der Waals surface area contributed by atoms with Crippen molar-refractivity contribution in [2.75, 3.05) is 26.4 Å². The van der Waals surface area contributed by atoms with E-state index in [-0.39, 0.29) is 36.8 Å². The second kappa shape index (κ2) is 7.41. The molecule has 1 atom stereocenters. The third-order valence-corrected chi connectivity index (χ3v) is 4.87. The molecule has 3 heterocycles. The van der Waals surface area contributed by atoms with Gasteiger partial charge in [0.25, 0.3) is 5.91 Å². The molecule has 148 valence electrons.